The van der Waals surface area contributed by atoms with Crippen molar-refractivity contribution < 1.29 is 4.79 Å². The Kier molecular flexibility index (Phi) is 2.72. The van der Waals surface area contributed by atoms with Crippen molar-refractivity contribution in [2.45, 2.75) is 13.3 Å². The molecular weight excluding hydrogens is 140 g/mol. The molecule has 0 fully saturated rings. The Balaban J connectivity index is 2.57. The monoisotopic (exact) mass is 150 g/mol. The summed E-state index contributed by atoms with van der Waals surface area (Å²) >= 11 is 0. The summed E-state index contributed by atoms with van der Waals surface area (Å²) in [5.41, 5.74) is 0.868. The predicted molar refractivity (Wildman–Crippen MR) is 41.0 cm³/mol. The molecule has 1 aromatic heterocycles. The minimum atomic E-state index is 0.0340. The van der Waals surface area contributed by atoms with Crippen molar-refractivity contribution in [2.75, 3.05) is 0 Å². The van der Waals surface area contributed by atoms with Crippen molar-refractivity contribution in [3.8, 4) is 0 Å². The first-order valence-electron chi connectivity index (χ1n) is 3.53. The van der Waals surface area contributed by atoms with Crippen LogP contribution in [0.3, 0.4) is 0 Å². The van der Waals surface area contributed by atoms with Crippen LogP contribution in [0.15, 0.2) is 18.6 Å². The van der Waals surface area contributed by atoms with Crippen molar-refractivity contribution in [3.63, 3.8) is 0 Å². The highest BCUT2D eigenvalue weighted by atomic mass is 16.1. The van der Waals surface area contributed by atoms with Gasteiger partial charge in [0.05, 0.1) is 5.69 Å². The van der Waals surface area contributed by atoms with E-state index >= 15 is 0 Å². The van der Waals surface area contributed by atoms with Crippen LogP contribution in [-0.2, 0) is 11.2 Å². The number of hydrogen-bond donors (Lipinski definition) is 0. The second-order valence-corrected chi connectivity index (χ2v) is 2.51. The molecular formula is C8H10N2O. The Morgan fingerprint density at radius 2 is 2.45 bits per heavy atom. The Morgan fingerprint density at radius 3 is 3.00 bits per heavy atom. The molecule has 0 aromatic carbocycles. The van der Waals surface area contributed by atoms with Crippen LogP contribution in [0.5, 0.6) is 0 Å². The van der Waals surface area contributed by atoms with E-state index in [0.29, 0.717) is 6.42 Å². The first-order valence-corrected chi connectivity index (χ1v) is 3.53. The zero-order valence-electron chi connectivity index (χ0n) is 6.40. The molecule has 0 N–H and O–H groups in total. The highest BCUT2D eigenvalue weighted by Crippen LogP contribution is 2.00. The molecule has 0 radical (unpaired) electrons. The van der Waals surface area contributed by atoms with Crippen molar-refractivity contribution >= 4 is 6.29 Å². The smallest absolute Gasteiger partial charge is 0.123 e. The molecule has 0 amide bonds. The maximum Gasteiger partial charge on any atom is 0.123 e. The van der Waals surface area contributed by atoms with Crippen molar-refractivity contribution in [3.05, 3.63) is 24.3 Å². The average molecular weight is 150 g/mol. The van der Waals surface area contributed by atoms with Gasteiger partial charge in [-0.05, 0) is 0 Å². The van der Waals surface area contributed by atoms with Gasteiger partial charge in [-0.25, -0.2) is 0 Å². The SMILES string of the molecule is CC(C=O)Cc1cnccn1. The number of carbonyl (C=O) groups is 1. The normalized spacial score (nSPS) is 12.5. The number of aromatic nitrogens is 2. The topological polar surface area (TPSA) is 42.9 Å². The number of aldehydes is 1. The first kappa shape index (κ1) is 7.85. The first-order chi connectivity index (χ1) is 5.33. The summed E-state index contributed by atoms with van der Waals surface area (Å²) in [5.74, 6) is 0.0340. The van der Waals surface area contributed by atoms with Crippen LogP contribution in [0.4, 0.5) is 0 Å². The average Bonchev–Trinajstić information content (AvgIpc) is 2.06. The van der Waals surface area contributed by atoms with Gasteiger partial charge in [0.25, 0.3) is 0 Å². The molecule has 3 heteroatoms. The molecule has 0 saturated heterocycles. The van der Waals surface area contributed by atoms with Crippen LogP contribution in [0.2, 0.25) is 0 Å². The third-order valence-electron chi connectivity index (χ3n) is 1.38. The van der Waals surface area contributed by atoms with Crippen LogP contribution < -0.4 is 0 Å². The van der Waals surface area contributed by atoms with Gasteiger partial charge in [-0.1, -0.05) is 6.92 Å². The third-order valence-corrected chi connectivity index (χ3v) is 1.38. The van der Waals surface area contributed by atoms with E-state index in [4.69, 9.17) is 0 Å². The van der Waals surface area contributed by atoms with Gasteiger partial charge < -0.3 is 4.79 Å². The lowest BCUT2D eigenvalue weighted by Crippen LogP contribution is -2.02. The third kappa shape index (κ3) is 2.45. The number of hydrogen-bond acceptors (Lipinski definition) is 3. The summed E-state index contributed by atoms with van der Waals surface area (Å²) in [6.45, 7) is 1.86. The molecule has 1 heterocycles. The second kappa shape index (κ2) is 3.81. The molecule has 0 spiro atoms. The minimum absolute atomic E-state index is 0.0340. The zero-order valence-corrected chi connectivity index (χ0v) is 6.40. The molecule has 58 valence electrons. The Morgan fingerprint density at radius 1 is 1.64 bits per heavy atom. The van der Waals surface area contributed by atoms with Crippen LogP contribution in [0.1, 0.15) is 12.6 Å². The Labute approximate surface area is 65.5 Å². The zero-order chi connectivity index (χ0) is 8.10. The van der Waals surface area contributed by atoms with Gasteiger partial charge >= 0.3 is 0 Å². The molecule has 1 rings (SSSR count). The predicted octanol–water partition coefficient (Wildman–Crippen LogP) is 0.854. The molecule has 0 aliphatic carbocycles. The lowest BCUT2D eigenvalue weighted by molar-refractivity contribution is -0.110. The van der Waals surface area contributed by atoms with E-state index in [1.54, 1.807) is 18.6 Å². The summed E-state index contributed by atoms with van der Waals surface area (Å²) < 4.78 is 0. The maximum atomic E-state index is 10.3. The van der Waals surface area contributed by atoms with E-state index in [0.717, 1.165) is 12.0 Å². The lowest BCUT2D eigenvalue weighted by atomic mass is 10.1. The fourth-order valence-corrected chi connectivity index (χ4v) is 0.813. The van der Waals surface area contributed by atoms with Gasteiger partial charge in [-0.3, -0.25) is 9.97 Å². The molecule has 0 bridgehead atoms. The van der Waals surface area contributed by atoms with Gasteiger partial charge in [0.15, 0.2) is 0 Å². The van der Waals surface area contributed by atoms with Crippen LogP contribution in [0, 0.1) is 5.92 Å². The largest absolute Gasteiger partial charge is 0.303 e. The van der Waals surface area contributed by atoms with Gasteiger partial charge in [-0.2, -0.15) is 0 Å². The van der Waals surface area contributed by atoms with E-state index < -0.39 is 0 Å². The van der Waals surface area contributed by atoms with E-state index in [2.05, 4.69) is 9.97 Å². The standard InChI is InChI=1S/C8H10N2O/c1-7(6-11)4-8-5-9-2-3-10-8/h2-3,5-7H,4H2,1H3. The second-order valence-electron chi connectivity index (χ2n) is 2.51. The molecule has 11 heavy (non-hydrogen) atoms. The van der Waals surface area contributed by atoms with E-state index in [1.807, 2.05) is 6.92 Å². The summed E-state index contributed by atoms with van der Waals surface area (Å²) in [4.78, 5) is 18.2. The quantitative estimate of drug-likeness (QED) is 0.600. The minimum Gasteiger partial charge on any atom is -0.303 e. The molecule has 0 aliphatic heterocycles. The van der Waals surface area contributed by atoms with Crippen LogP contribution in [-0.4, -0.2) is 16.3 Å². The summed E-state index contributed by atoms with van der Waals surface area (Å²) in [6.07, 6.45) is 6.54. The molecule has 1 aromatic rings. The number of carbonyl (C=O) groups excluding carboxylic acids is 1. The van der Waals surface area contributed by atoms with Crippen LogP contribution >= 0.6 is 0 Å². The maximum absolute atomic E-state index is 10.3. The Hall–Kier alpha value is -1.25. The summed E-state index contributed by atoms with van der Waals surface area (Å²) in [6, 6.07) is 0. The lowest BCUT2D eigenvalue weighted by Gasteiger charge is -2.00. The fourth-order valence-electron chi connectivity index (χ4n) is 0.813. The molecule has 0 aliphatic rings. The molecule has 0 saturated carbocycles. The Bertz CT molecular complexity index is 223. The molecule has 1 unspecified atom stereocenters. The molecule has 1 atom stereocenters. The number of rotatable bonds is 3. The summed E-state index contributed by atoms with van der Waals surface area (Å²) in [5, 5.41) is 0. The van der Waals surface area contributed by atoms with E-state index in [-0.39, 0.29) is 5.92 Å². The summed E-state index contributed by atoms with van der Waals surface area (Å²) in [7, 11) is 0. The van der Waals surface area contributed by atoms with E-state index in [9.17, 15) is 4.79 Å². The molecule has 3 nitrogen and oxygen atoms in total. The van der Waals surface area contributed by atoms with Gasteiger partial charge in [0.2, 0.25) is 0 Å². The number of nitrogens with zero attached hydrogens (tertiary/aromatic N) is 2. The fraction of sp³-hybridized carbons (Fsp3) is 0.375. The van der Waals surface area contributed by atoms with Gasteiger partial charge in [0.1, 0.15) is 6.29 Å². The van der Waals surface area contributed by atoms with Crippen molar-refractivity contribution in [1.29, 1.82) is 0 Å². The van der Waals surface area contributed by atoms with Gasteiger partial charge in [-0.15, -0.1) is 0 Å². The highest BCUT2D eigenvalue weighted by Gasteiger charge is 2.01. The van der Waals surface area contributed by atoms with Crippen LogP contribution in [0.25, 0.3) is 0 Å². The van der Waals surface area contributed by atoms with E-state index in [1.165, 1.54) is 0 Å². The van der Waals surface area contributed by atoms with Crippen molar-refractivity contribution in [2.24, 2.45) is 5.92 Å². The highest BCUT2D eigenvalue weighted by molar-refractivity contribution is 5.53. The van der Waals surface area contributed by atoms with Crippen molar-refractivity contribution in [1.82, 2.24) is 9.97 Å². The van der Waals surface area contributed by atoms with Gasteiger partial charge in [0, 0.05) is 30.9 Å².